The van der Waals surface area contributed by atoms with Crippen LogP contribution >= 0.6 is 0 Å². The average Bonchev–Trinajstić information content (AvgIpc) is 2.79. The summed E-state index contributed by atoms with van der Waals surface area (Å²) in [6, 6.07) is 26.1. The molecule has 32 heavy (non-hydrogen) atoms. The van der Waals surface area contributed by atoms with Crippen molar-refractivity contribution in [1.82, 2.24) is 0 Å². The number of esters is 1. The molecule has 0 heterocycles. The van der Waals surface area contributed by atoms with Gasteiger partial charge in [0.05, 0.1) is 19.4 Å². The summed E-state index contributed by atoms with van der Waals surface area (Å²) in [6.45, 7) is 0.287. The molecule has 6 heteroatoms. The van der Waals surface area contributed by atoms with Gasteiger partial charge in [0, 0.05) is 24.2 Å². The second-order valence-corrected chi connectivity index (χ2v) is 7.30. The predicted molar refractivity (Wildman–Crippen MR) is 124 cm³/mol. The van der Waals surface area contributed by atoms with E-state index in [4.69, 9.17) is 4.74 Å². The van der Waals surface area contributed by atoms with Crippen molar-refractivity contribution in [1.29, 1.82) is 0 Å². The van der Waals surface area contributed by atoms with Gasteiger partial charge in [-0.25, -0.2) is 0 Å². The first kappa shape index (κ1) is 22.7. The Morgan fingerprint density at radius 1 is 0.656 bits per heavy atom. The molecule has 0 saturated carbocycles. The first-order valence-electron chi connectivity index (χ1n) is 10.5. The van der Waals surface area contributed by atoms with E-state index < -0.39 is 5.97 Å². The Morgan fingerprint density at radius 2 is 1.25 bits per heavy atom. The van der Waals surface area contributed by atoms with Gasteiger partial charge >= 0.3 is 5.97 Å². The van der Waals surface area contributed by atoms with Gasteiger partial charge in [0.2, 0.25) is 11.8 Å². The Kier molecular flexibility index (Phi) is 8.57. The van der Waals surface area contributed by atoms with Crippen LogP contribution in [0, 0.1) is 0 Å². The zero-order chi connectivity index (χ0) is 22.6. The minimum atomic E-state index is -0.405. The molecule has 0 radical (unpaired) electrons. The van der Waals surface area contributed by atoms with E-state index in [0.29, 0.717) is 17.8 Å². The van der Waals surface area contributed by atoms with Crippen LogP contribution in [-0.4, -0.2) is 24.4 Å². The molecule has 0 unspecified atom stereocenters. The van der Waals surface area contributed by atoms with Crippen molar-refractivity contribution in [3.63, 3.8) is 0 Å². The molecule has 0 spiro atoms. The normalized spacial score (nSPS) is 10.2. The Morgan fingerprint density at radius 3 is 1.91 bits per heavy atom. The number of rotatable bonds is 10. The SMILES string of the molecule is O=C(CCC(=O)OCCc1ccccc1)Nc1cccc(NC(=O)Cc2ccccc2)c1. The quantitative estimate of drug-likeness (QED) is 0.468. The summed E-state index contributed by atoms with van der Waals surface area (Å²) in [5, 5.41) is 5.57. The second-order valence-electron chi connectivity index (χ2n) is 7.30. The number of anilines is 2. The van der Waals surface area contributed by atoms with Gasteiger partial charge in [0.15, 0.2) is 0 Å². The molecule has 0 fully saturated rings. The van der Waals surface area contributed by atoms with Gasteiger partial charge in [-0.05, 0) is 29.3 Å². The summed E-state index contributed by atoms with van der Waals surface area (Å²) >= 11 is 0. The third kappa shape index (κ3) is 8.07. The number of carbonyl (C=O) groups excluding carboxylic acids is 3. The van der Waals surface area contributed by atoms with Gasteiger partial charge < -0.3 is 15.4 Å². The molecule has 0 aliphatic carbocycles. The summed E-state index contributed by atoms with van der Waals surface area (Å²) in [5.74, 6) is -0.839. The van der Waals surface area contributed by atoms with Crippen LogP contribution in [0.25, 0.3) is 0 Å². The van der Waals surface area contributed by atoms with Crippen molar-refractivity contribution in [2.45, 2.75) is 25.7 Å². The number of benzene rings is 3. The van der Waals surface area contributed by atoms with E-state index in [2.05, 4.69) is 10.6 Å². The summed E-state index contributed by atoms with van der Waals surface area (Å²) in [5.41, 5.74) is 3.15. The molecule has 0 aliphatic heterocycles. The van der Waals surface area contributed by atoms with Crippen LogP contribution in [-0.2, 0) is 32.0 Å². The van der Waals surface area contributed by atoms with E-state index >= 15 is 0 Å². The molecule has 2 N–H and O–H groups in total. The fraction of sp³-hybridized carbons (Fsp3) is 0.192. The predicted octanol–water partition coefficient (Wildman–Crippen LogP) is 4.37. The van der Waals surface area contributed by atoms with Crippen LogP contribution in [0.4, 0.5) is 11.4 Å². The third-order valence-corrected chi connectivity index (χ3v) is 4.69. The Labute approximate surface area is 187 Å². The number of amides is 2. The maximum atomic E-state index is 12.2. The third-order valence-electron chi connectivity index (χ3n) is 4.69. The summed E-state index contributed by atoms with van der Waals surface area (Å²) in [4.78, 5) is 36.3. The number of hydrogen-bond donors (Lipinski definition) is 2. The largest absolute Gasteiger partial charge is 0.465 e. The fourth-order valence-corrected chi connectivity index (χ4v) is 3.10. The highest BCUT2D eigenvalue weighted by atomic mass is 16.5. The number of carbonyl (C=O) groups is 3. The zero-order valence-electron chi connectivity index (χ0n) is 17.8. The minimum absolute atomic E-state index is 0.00806. The second kappa shape index (κ2) is 12.1. The summed E-state index contributed by atoms with van der Waals surface area (Å²) < 4.78 is 5.19. The van der Waals surface area contributed by atoms with Crippen molar-refractivity contribution in [3.05, 3.63) is 96.1 Å². The van der Waals surface area contributed by atoms with E-state index in [1.807, 2.05) is 60.7 Å². The molecule has 3 aromatic rings. The van der Waals surface area contributed by atoms with E-state index in [1.54, 1.807) is 24.3 Å². The Balaban J connectivity index is 1.39. The van der Waals surface area contributed by atoms with Crippen LogP contribution in [0.15, 0.2) is 84.9 Å². The van der Waals surface area contributed by atoms with E-state index in [0.717, 1.165) is 11.1 Å². The van der Waals surface area contributed by atoms with Gasteiger partial charge in [-0.1, -0.05) is 66.7 Å². The zero-order valence-corrected chi connectivity index (χ0v) is 17.8. The van der Waals surface area contributed by atoms with Crippen molar-refractivity contribution in [3.8, 4) is 0 Å². The molecule has 164 valence electrons. The molecule has 0 aliphatic rings. The van der Waals surface area contributed by atoms with Crippen molar-refractivity contribution in [2.24, 2.45) is 0 Å². The van der Waals surface area contributed by atoms with Gasteiger partial charge in [-0.15, -0.1) is 0 Å². The van der Waals surface area contributed by atoms with Crippen LogP contribution in [0.2, 0.25) is 0 Å². The van der Waals surface area contributed by atoms with Crippen LogP contribution in [0.1, 0.15) is 24.0 Å². The fourth-order valence-electron chi connectivity index (χ4n) is 3.10. The van der Waals surface area contributed by atoms with Gasteiger partial charge in [0.25, 0.3) is 0 Å². The molecular formula is C26H26N2O4. The molecule has 0 atom stereocenters. The highest BCUT2D eigenvalue weighted by molar-refractivity contribution is 5.95. The number of hydrogen-bond acceptors (Lipinski definition) is 4. The monoisotopic (exact) mass is 430 g/mol. The van der Waals surface area contributed by atoms with E-state index in [-0.39, 0.29) is 37.7 Å². The lowest BCUT2D eigenvalue weighted by atomic mass is 10.1. The summed E-state index contributed by atoms with van der Waals surface area (Å²) in [7, 11) is 0. The van der Waals surface area contributed by atoms with Crippen molar-refractivity contribution >= 4 is 29.2 Å². The number of ether oxygens (including phenoxy) is 1. The standard InChI is InChI=1S/C26H26N2O4/c29-24(14-15-26(31)32-17-16-20-8-3-1-4-9-20)27-22-12-7-13-23(19-22)28-25(30)18-21-10-5-2-6-11-21/h1-13,19H,14-18H2,(H,27,29)(H,28,30). The lowest BCUT2D eigenvalue weighted by Gasteiger charge is -2.09. The van der Waals surface area contributed by atoms with Gasteiger partial charge in [-0.3, -0.25) is 14.4 Å². The molecule has 2 amide bonds. The maximum Gasteiger partial charge on any atom is 0.306 e. The molecule has 0 aromatic heterocycles. The van der Waals surface area contributed by atoms with Crippen molar-refractivity contribution in [2.75, 3.05) is 17.2 Å². The van der Waals surface area contributed by atoms with E-state index in [9.17, 15) is 14.4 Å². The molecular weight excluding hydrogens is 404 g/mol. The van der Waals surface area contributed by atoms with Crippen molar-refractivity contribution < 1.29 is 19.1 Å². The highest BCUT2D eigenvalue weighted by Gasteiger charge is 2.10. The molecule has 3 rings (SSSR count). The van der Waals surface area contributed by atoms with Gasteiger partial charge in [0.1, 0.15) is 0 Å². The maximum absolute atomic E-state index is 12.2. The summed E-state index contributed by atoms with van der Waals surface area (Å²) in [6.07, 6.45) is 0.939. The molecule has 0 saturated heterocycles. The van der Waals surface area contributed by atoms with Gasteiger partial charge in [-0.2, -0.15) is 0 Å². The lowest BCUT2D eigenvalue weighted by Crippen LogP contribution is -2.16. The van der Waals surface area contributed by atoms with E-state index in [1.165, 1.54) is 0 Å². The molecule has 6 nitrogen and oxygen atoms in total. The minimum Gasteiger partial charge on any atom is -0.465 e. The smallest absolute Gasteiger partial charge is 0.306 e. The van der Waals surface area contributed by atoms with Crippen LogP contribution in [0.3, 0.4) is 0 Å². The lowest BCUT2D eigenvalue weighted by molar-refractivity contribution is -0.144. The Hall–Kier alpha value is -3.93. The molecule has 3 aromatic carbocycles. The average molecular weight is 431 g/mol. The van der Waals surface area contributed by atoms with Crippen LogP contribution in [0.5, 0.6) is 0 Å². The number of nitrogens with one attached hydrogen (secondary N) is 2. The Bertz CT molecular complexity index is 1040. The topological polar surface area (TPSA) is 84.5 Å². The first-order chi connectivity index (χ1) is 15.6. The highest BCUT2D eigenvalue weighted by Crippen LogP contribution is 2.16. The first-order valence-corrected chi connectivity index (χ1v) is 10.5. The van der Waals surface area contributed by atoms with Crippen LogP contribution < -0.4 is 10.6 Å². The molecule has 0 bridgehead atoms.